The highest BCUT2D eigenvalue weighted by molar-refractivity contribution is 5.75. The van der Waals surface area contributed by atoms with E-state index in [1.54, 1.807) is 0 Å². The second-order valence-electron chi connectivity index (χ2n) is 3.76. The molecule has 18 heavy (non-hydrogen) atoms. The van der Waals surface area contributed by atoms with Crippen LogP contribution in [0.15, 0.2) is 0 Å². The number of hydrazine groups is 3. The minimum absolute atomic E-state index is 0.111. The highest BCUT2D eigenvalue weighted by Gasteiger charge is 1.99. The van der Waals surface area contributed by atoms with Gasteiger partial charge in [0.05, 0.1) is 0 Å². The fraction of sp³-hybridized carbons (Fsp3) is 0.800. The number of hydrogen-bond donors (Lipinski definition) is 6. The molecule has 0 rings (SSSR count). The second kappa shape index (κ2) is 15.8. The van der Waals surface area contributed by atoms with Crippen molar-refractivity contribution in [3.8, 4) is 0 Å². The normalized spacial score (nSPS) is 9.11. The average molecular weight is 262 g/mol. The molecule has 0 saturated carbocycles. The van der Waals surface area contributed by atoms with E-state index in [0.29, 0.717) is 12.8 Å². The van der Waals surface area contributed by atoms with E-state index >= 15 is 0 Å². The number of nitrogens with two attached hydrogens (primary N) is 4. The van der Waals surface area contributed by atoms with Gasteiger partial charge in [-0.1, -0.05) is 25.7 Å². The van der Waals surface area contributed by atoms with Crippen LogP contribution < -0.4 is 34.2 Å². The molecular weight excluding hydrogens is 236 g/mol. The predicted octanol–water partition coefficient (Wildman–Crippen LogP) is -1.09. The maximum atomic E-state index is 10.8. The van der Waals surface area contributed by atoms with Gasteiger partial charge in [0.2, 0.25) is 11.8 Å². The van der Waals surface area contributed by atoms with Gasteiger partial charge < -0.3 is 0 Å². The minimum Gasteiger partial charge on any atom is -0.294 e. The molecule has 0 bridgehead atoms. The summed E-state index contributed by atoms with van der Waals surface area (Å²) < 4.78 is 0. The molecule has 0 atom stereocenters. The first-order valence-electron chi connectivity index (χ1n) is 6.03. The van der Waals surface area contributed by atoms with Crippen molar-refractivity contribution in [2.24, 2.45) is 23.4 Å². The predicted molar refractivity (Wildman–Crippen MR) is 70.0 cm³/mol. The molecule has 2 amide bonds. The highest BCUT2D eigenvalue weighted by atomic mass is 16.2. The maximum Gasteiger partial charge on any atom is 0.233 e. The molecule has 0 saturated heterocycles. The van der Waals surface area contributed by atoms with Crippen LogP contribution in [0.1, 0.15) is 51.4 Å². The standard InChI is InChI=1S/C10H22N4O2.H4N2/c11-13-9(15)7-5-3-1-2-4-6-8-10(16)14-12;1-2/h1-8,11-12H2,(H,13,15)(H,14,16);1-2H2. The Morgan fingerprint density at radius 1 is 0.667 bits per heavy atom. The van der Waals surface area contributed by atoms with Crippen LogP contribution in [-0.4, -0.2) is 11.8 Å². The molecule has 10 N–H and O–H groups in total. The van der Waals surface area contributed by atoms with Crippen molar-refractivity contribution in [2.75, 3.05) is 0 Å². The van der Waals surface area contributed by atoms with Crippen LogP contribution in [-0.2, 0) is 9.59 Å². The molecule has 0 aliphatic heterocycles. The van der Waals surface area contributed by atoms with Gasteiger partial charge >= 0.3 is 0 Å². The maximum absolute atomic E-state index is 10.8. The van der Waals surface area contributed by atoms with Gasteiger partial charge in [0.25, 0.3) is 0 Å². The van der Waals surface area contributed by atoms with Crippen LogP contribution in [0.4, 0.5) is 0 Å². The Labute approximate surface area is 108 Å². The van der Waals surface area contributed by atoms with E-state index in [9.17, 15) is 9.59 Å². The lowest BCUT2D eigenvalue weighted by molar-refractivity contribution is -0.122. The Morgan fingerprint density at radius 3 is 1.22 bits per heavy atom. The van der Waals surface area contributed by atoms with E-state index in [-0.39, 0.29) is 11.8 Å². The van der Waals surface area contributed by atoms with E-state index in [1.165, 1.54) is 0 Å². The number of carbonyl (C=O) groups excluding carboxylic acids is 2. The molecule has 0 radical (unpaired) electrons. The van der Waals surface area contributed by atoms with Crippen molar-refractivity contribution in [1.29, 1.82) is 0 Å². The Hall–Kier alpha value is -1.22. The first-order valence-corrected chi connectivity index (χ1v) is 6.03. The zero-order chi connectivity index (χ0) is 14.2. The fourth-order valence-corrected chi connectivity index (χ4v) is 1.42. The summed E-state index contributed by atoms with van der Waals surface area (Å²) in [4.78, 5) is 21.5. The van der Waals surface area contributed by atoms with Gasteiger partial charge in [-0.2, -0.15) is 0 Å². The molecule has 8 nitrogen and oxygen atoms in total. The fourth-order valence-electron chi connectivity index (χ4n) is 1.42. The molecule has 108 valence electrons. The Bertz CT molecular complexity index is 191. The van der Waals surface area contributed by atoms with E-state index in [2.05, 4.69) is 22.5 Å². The van der Waals surface area contributed by atoms with Crippen molar-refractivity contribution in [3.63, 3.8) is 0 Å². The molecule has 0 aromatic carbocycles. The number of carbonyl (C=O) groups is 2. The summed E-state index contributed by atoms with van der Waals surface area (Å²) in [6.07, 6.45) is 6.94. The summed E-state index contributed by atoms with van der Waals surface area (Å²) in [5.74, 6) is 17.7. The highest BCUT2D eigenvalue weighted by Crippen LogP contribution is 2.08. The monoisotopic (exact) mass is 262 g/mol. The lowest BCUT2D eigenvalue weighted by Gasteiger charge is -2.01. The summed E-state index contributed by atoms with van der Waals surface area (Å²) in [6.45, 7) is 0. The number of rotatable bonds is 9. The first kappa shape index (κ1) is 19.1. The zero-order valence-electron chi connectivity index (χ0n) is 10.8. The topological polar surface area (TPSA) is 162 Å². The molecule has 0 heterocycles. The number of nitrogens with one attached hydrogen (secondary N) is 2. The Morgan fingerprint density at radius 2 is 0.944 bits per heavy atom. The summed E-state index contributed by atoms with van der Waals surface area (Å²) in [6, 6.07) is 0. The second-order valence-corrected chi connectivity index (χ2v) is 3.76. The van der Waals surface area contributed by atoms with Gasteiger partial charge in [0, 0.05) is 12.8 Å². The molecule has 8 heteroatoms. The average Bonchev–Trinajstić information content (AvgIpc) is 2.43. The zero-order valence-corrected chi connectivity index (χ0v) is 10.8. The Kier molecular flexibility index (Phi) is 16.8. The van der Waals surface area contributed by atoms with Crippen LogP contribution in [0, 0.1) is 0 Å². The number of amides is 2. The van der Waals surface area contributed by atoms with E-state index in [0.717, 1.165) is 38.5 Å². The third-order valence-electron chi connectivity index (χ3n) is 2.38. The van der Waals surface area contributed by atoms with Crippen molar-refractivity contribution in [1.82, 2.24) is 10.9 Å². The van der Waals surface area contributed by atoms with Gasteiger partial charge in [0.1, 0.15) is 0 Å². The van der Waals surface area contributed by atoms with Crippen molar-refractivity contribution in [2.45, 2.75) is 51.4 Å². The van der Waals surface area contributed by atoms with Crippen LogP contribution in [0.2, 0.25) is 0 Å². The van der Waals surface area contributed by atoms with Crippen molar-refractivity contribution >= 4 is 11.8 Å². The van der Waals surface area contributed by atoms with Crippen LogP contribution in [0.5, 0.6) is 0 Å². The number of hydrogen-bond acceptors (Lipinski definition) is 6. The molecule has 0 aromatic rings. The summed E-state index contributed by atoms with van der Waals surface area (Å²) in [5.41, 5.74) is 4.20. The SMILES string of the molecule is NN.NNC(=O)CCCCCCCCC(=O)NN. The smallest absolute Gasteiger partial charge is 0.233 e. The van der Waals surface area contributed by atoms with Crippen molar-refractivity contribution in [3.05, 3.63) is 0 Å². The van der Waals surface area contributed by atoms with Gasteiger partial charge in [-0.3, -0.25) is 32.1 Å². The van der Waals surface area contributed by atoms with Crippen LogP contribution in [0.25, 0.3) is 0 Å². The molecule has 0 unspecified atom stereocenters. The lowest BCUT2D eigenvalue weighted by Crippen LogP contribution is -2.29. The van der Waals surface area contributed by atoms with Gasteiger partial charge in [0.15, 0.2) is 0 Å². The minimum atomic E-state index is -0.111. The van der Waals surface area contributed by atoms with E-state index < -0.39 is 0 Å². The molecule has 0 spiro atoms. The van der Waals surface area contributed by atoms with Crippen molar-refractivity contribution < 1.29 is 9.59 Å². The summed E-state index contributed by atoms with van der Waals surface area (Å²) in [7, 11) is 0. The van der Waals surface area contributed by atoms with E-state index in [4.69, 9.17) is 11.7 Å². The third kappa shape index (κ3) is 14.8. The summed E-state index contributed by atoms with van der Waals surface area (Å²) >= 11 is 0. The first-order chi connectivity index (χ1) is 8.70. The van der Waals surface area contributed by atoms with Crippen LogP contribution >= 0.6 is 0 Å². The van der Waals surface area contributed by atoms with Crippen LogP contribution in [0.3, 0.4) is 0 Å². The Balaban J connectivity index is 0. The third-order valence-corrected chi connectivity index (χ3v) is 2.38. The van der Waals surface area contributed by atoms with Gasteiger partial charge in [-0.15, -0.1) is 0 Å². The molecular formula is C10H26N6O2. The number of unbranched alkanes of at least 4 members (excludes halogenated alkanes) is 5. The molecule has 0 fully saturated rings. The summed E-state index contributed by atoms with van der Waals surface area (Å²) in [5, 5.41) is 0. The van der Waals surface area contributed by atoms with Gasteiger partial charge in [-0.05, 0) is 12.8 Å². The largest absolute Gasteiger partial charge is 0.294 e. The molecule has 0 aromatic heterocycles. The van der Waals surface area contributed by atoms with E-state index in [1.807, 2.05) is 0 Å². The quantitative estimate of drug-likeness (QED) is 0.134. The lowest BCUT2D eigenvalue weighted by atomic mass is 10.1. The van der Waals surface area contributed by atoms with Gasteiger partial charge in [-0.25, -0.2) is 11.7 Å². The molecule has 0 aliphatic carbocycles. The molecule has 0 aliphatic rings.